The first-order chi connectivity index (χ1) is 19.3. The number of anilines is 1. The topological polar surface area (TPSA) is 113 Å². The molecule has 2 aliphatic rings. The molecular weight excluding hydrogens is 520 g/mol. The van der Waals surface area contributed by atoms with Gasteiger partial charge in [0, 0.05) is 41.3 Å². The molecule has 0 fully saturated rings. The molecule has 5 rings (SSSR count). The average Bonchev–Trinajstić information content (AvgIpc) is 2.95. The SMILES string of the molecule is Cc1cc(CSCc2ccccc2)c(C)c(C2C(C#N)=C(N)N(c3cccc([N+](=O)[O-])c3)C3=C2C(=O)CCC3)c1. The van der Waals surface area contributed by atoms with Crippen molar-refractivity contribution < 1.29 is 9.72 Å². The minimum absolute atomic E-state index is 0.0113. The van der Waals surface area contributed by atoms with Crippen LogP contribution in [0.1, 0.15) is 53.0 Å². The fourth-order valence-electron chi connectivity index (χ4n) is 5.70. The highest BCUT2D eigenvalue weighted by Crippen LogP contribution is 2.47. The first-order valence-electron chi connectivity index (χ1n) is 13.2. The van der Waals surface area contributed by atoms with E-state index in [-0.39, 0.29) is 22.9 Å². The number of benzene rings is 3. The van der Waals surface area contributed by atoms with Crippen LogP contribution in [0.3, 0.4) is 0 Å². The normalized spacial score (nSPS) is 17.1. The van der Waals surface area contributed by atoms with Gasteiger partial charge in [-0.2, -0.15) is 17.0 Å². The van der Waals surface area contributed by atoms with Gasteiger partial charge < -0.3 is 5.73 Å². The Hall–Kier alpha value is -4.35. The predicted molar refractivity (Wildman–Crippen MR) is 158 cm³/mol. The molecule has 1 unspecified atom stereocenters. The van der Waals surface area contributed by atoms with Gasteiger partial charge in [0.1, 0.15) is 5.82 Å². The third-order valence-electron chi connectivity index (χ3n) is 7.59. The third-order valence-corrected chi connectivity index (χ3v) is 8.64. The molecule has 0 amide bonds. The fourth-order valence-corrected chi connectivity index (χ4v) is 6.75. The second-order valence-corrected chi connectivity index (χ2v) is 11.2. The maximum Gasteiger partial charge on any atom is 0.271 e. The van der Waals surface area contributed by atoms with Gasteiger partial charge in [-0.3, -0.25) is 19.8 Å². The Morgan fingerprint density at radius 1 is 1.07 bits per heavy atom. The molecule has 2 N–H and O–H groups in total. The van der Waals surface area contributed by atoms with Crippen molar-refractivity contribution in [2.75, 3.05) is 4.90 Å². The molecule has 1 atom stereocenters. The Morgan fingerprint density at radius 3 is 2.58 bits per heavy atom. The zero-order valence-electron chi connectivity index (χ0n) is 22.5. The van der Waals surface area contributed by atoms with Crippen molar-refractivity contribution >= 4 is 28.9 Å². The zero-order chi connectivity index (χ0) is 28.4. The van der Waals surface area contributed by atoms with Gasteiger partial charge in [-0.15, -0.1) is 0 Å². The number of ketones is 1. The Bertz CT molecular complexity index is 1600. The van der Waals surface area contributed by atoms with Crippen molar-refractivity contribution in [1.82, 2.24) is 0 Å². The van der Waals surface area contributed by atoms with Crippen LogP contribution in [-0.2, 0) is 16.3 Å². The summed E-state index contributed by atoms with van der Waals surface area (Å²) in [5, 5.41) is 21.9. The summed E-state index contributed by atoms with van der Waals surface area (Å²) in [6.07, 6.45) is 1.63. The van der Waals surface area contributed by atoms with E-state index in [1.54, 1.807) is 17.0 Å². The van der Waals surface area contributed by atoms with E-state index >= 15 is 0 Å². The minimum atomic E-state index is -0.583. The van der Waals surface area contributed by atoms with Crippen LogP contribution in [0.2, 0.25) is 0 Å². The van der Waals surface area contributed by atoms with E-state index < -0.39 is 10.8 Å². The van der Waals surface area contributed by atoms with E-state index in [2.05, 4.69) is 37.3 Å². The van der Waals surface area contributed by atoms with E-state index in [0.717, 1.165) is 33.9 Å². The number of nitro benzene ring substituents is 1. The van der Waals surface area contributed by atoms with Crippen LogP contribution in [0.25, 0.3) is 0 Å². The highest BCUT2D eigenvalue weighted by molar-refractivity contribution is 7.97. The number of rotatable bonds is 7. The average molecular weight is 551 g/mol. The Balaban J connectivity index is 1.60. The molecule has 202 valence electrons. The summed E-state index contributed by atoms with van der Waals surface area (Å²) in [6.45, 7) is 4.09. The van der Waals surface area contributed by atoms with Gasteiger partial charge in [-0.1, -0.05) is 54.1 Å². The van der Waals surface area contributed by atoms with Crippen molar-refractivity contribution in [2.45, 2.75) is 50.5 Å². The van der Waals surface area contributed by atoms with E-state index in [1.807, 2.05) is 36.9 Å². The molecular formula is C32H30N4O3S. The van der Waals surface area contributed by atoms with Crippen LogP contribution in [-0.4, -0.2) is 10.7 Å². The lowest BCUT2D eigenvalue weighted by Gasteiger charge is -2.40. The highest BCUT2D eigenvalue weighted by Gasteiger charge is 2.41. The molecule has 3 aromatic carbocycles. The third kappa shape index (κ3) is 5.13. The molecule has 0 radical (unpaired) electrons. The Kier molecular flexibility index (Phi) is 7.76. The van der Waals surface area contributed by atoms with Crippen molar-refractivity contribution in [1.29, 1.82) is 5.26 Å². The number of aryl methyl sites for hydroxylation is 1. The maximum atomic E-state index is 13.6. The molecule has 0 saturated carbocycles. The monoisotopic (exact) mass is 550 g/mol. The number of thioether (sulfide) groups is 1. The summed E-state index contributed by atoms with van der Waals surface area (Å²) in [5.41, 5.74) is 14.1. The number of carbonyl (C=O) groups is 1. The number of carbonyl (C=O) groups excluding carboxylic acids is 1. The molecule has 0 spiro atoms. The standard InChI is InChI=1S/C32H30N4O3S/c1-20-14-23(19-40-18-22-8-4-3-5-9-22)21(2)26(15-20)30-27(17-33)32(34)35(28-12-7-13-29(37)31(28)30)24-10-6-11-25(16-24)36(38)39/h3-6,8-11,14-16,30H,7,12-13,18-19,34H2,1-2H3. The van der Waals surface area contributed by atoms with Gasteiger partial charge in [-0.25, -0.2) is 0 Å². The van der Waals surface area contributed by atoms with Crippen molar-refractivity contribution in [2.24, 2.45) is 5.73 Å². The molecule has 40 heavy (non-hydrogen) atoms. The van der Waals surface area contributed by atoms with E-state index in [1.165, 1.54) is 23.3 Å². The summed E-state index contributed by atoms with van der Waals surface area (Å²) in [6, 6.07) is 23.0. The van der Waals surface area contributed by atoms with Crippen LogP contribution in [0, 0.1) is 35.3 Å². The number of nitrogens with zero attached hydrogens (tertiary/aromatic N) is 3. The second kappa shape index (κ2) is 11.4. The lowest BCUT2D eigenvalue weighted by Crippen LogP contribution is -2.39. The highest BCUT2D eigenvalue weighted by atomic mass is 32.2. The van der Waals surface area contributed by atoms with Crippen LogP contribution in [0.4, 0.5) is 11.4 Å². The van der Waals surface area contributed by atoms with E-state index in [0.29, 0.717) is 30.5 Å². The van der Waals surface area contributed by atoms with Crippen LogP contribution >= 0.6 is 11.8 Å². The summed E-state index contributed by atoms with van der Waals surface area (Å²) in [4.78, 5) is 26.3. The zero-order valence-corrected chi connectivity index (χ0v) is 23.3. The molecule has 0 bridgehead atoms. The van der Waals surface area contributed by atoms with Gasteiger partial charge in [0.2, 0.25) is 0 Å². The largest absolute Gasteiger partial charge is 0.384 e. The Labute approximate surface area is 238 Å². The smallest absolute Gasteiger partial charge is 0.271 e. The van der Waals surface area contributed by atoms with Crippen molar-refractivity contribution in [3.63, 3.8) is 0 Å². The molecule has 8 heteroatoms. The predicted octanol–water partition coefficient (Wildman–Crippen LogP) is 6.95. The lowest BCUT2D eigenvalue weighted by molar-refractivity contribution is -0.384. The van der Waals surface area contributed by atoms with Crippen molar-refractivity contribution in [3.05, 3.63) is 127 Å². The summed E-state index contributed by atoms with van der Waals surface area (Å²) < 4.78 is 0. The van der Waals surface area contributed by atoms with E-state index in [9.17, 15) is 20.2 Å². The van der Waals surface area contributed by atoms with Crippen LogP contribution in [0.5, 0.6) is 0 Å². The van der Waals surface area contributed by atoms with Gasteiger partial charge in [0.15, 0.2) is 5.78 Å². The number of allylic oxidation sites excluding steroid dienone is 3. The second-order valence-electron chi connectivity index (χ2n) is 10.2. The molecule has 1 aliphatic carbocycles. The minimum Gasteiger partial charge on any atom is -0.384 e. The number of hydrogen-bond acceptors (Lipinski definition) is 7. The number of nitriles is 1. The summed E-state index contributed by atoms with van der Waals surface area (Å²) in [5.74, 6) is 1.30. The van der Waals surface area contributed by atoms with Gasteiger partial charge in [0.25, 0.3) is 5.69 Å². The number of non-ortho nitro benzene ring substituents is 1. The first-order valence-corrected chi connectivity index (χ1v) is 14.4. The van der Waals surface area contributed by atoms with E-state index in [4.69, 9.17) is 5.73 Å². The Morgan fingerprint density at radius 2 is 1.85 bits per heavy atom. The first kappa shape index (κ1) is 27.2. The molecule has 0 aromatic heterocycles. The number of hydrogen-bond donors (Lipinski definition) is 1. The maximum absolute atomic E-state index is 13.6. The van der Waals surface area contributed by atoms with Crippen molar-refractivity contribution in [3.8, 4) is 6.07 Å². The number of nitrogens with two attached hydrogens (primary N) is 1. The number of nitro groups is 1. The fraction of sp³-hybridized carbons (Fsp3) is 0.250. The summed E-state index contributed by atoms with van der Waals surface area (Å²) >= 11 is 1.83. The van der Waals surface area contributed by atoms with Gasteiger partial charge in [-0.05, 0) is 55.0 Å². The quantitative estimate of drug-likeness (QED) is 0.250. The molecule has 7 nitrogen and oxygen atoms in total. The molecule has 3 aromatic rings. The van der Waals surface area contributed by atoms with Gasteiger partial charge in [0.05, 0.1) is 28.2 Å². The molecule has 1 aliphatic heterocycles. The van der Waals surface area contributed by atoms with Crippen LogP contribution < -0.4 is 10.6 Å². The molecule has 1 heterocycles. The van der Waals surface area contributed by atoms with Gasteiger partial charge >= 0.3 is 0 Å². The molecule has 0 saturated heterocycles. The van der Waals surface area contributed by atoms with Crippen LogP contribution in [0.15, 0.2) is 89.4 Å². The lowest BCUT2D eigenvalue weighted by atomic mass is 9.73. The number of Topliss-reactive ketones (excluding diaryl/α,β-unsaturated/α-hetero) is 1. The summed E-state index contributed by atoms with van der Waals surface area (Å²) in [7, 11) is 0.